The van der Waals surface area contributed by atoms with Crippen LogP contribution in [0.2, 0.25) is 0 Å². The van der Waals surface area contributed by atoms with Crippen LogP contribution in [0.4, 0.5) is 0 Å². The first kappa shape index (κ1) is 9.12. The molecule has 0 bridgehead atoms. The molecule has 1 heterocycles. The van der Waals surface area contributed by atoms with E-state index in [1.807, 2.05) is 11.7 Å². The Morgan fingerprint density at radius 2 is 2.54 bits per heavy atom. The normalized spacial score (nSPS) is 28.1. The molecule has 1 aliphatic rings. The molecule has 2 unspecified atom stereocenters. The van der Waals surface area contributed by atoms with Gasteiger partial charge in [-0.3, -0.25) is 4.98 Å². The summed E-state index contributed by atoms with van der Waals surface area (Å²) < 4.78 is 5.70. The van der Waals surface area contributed by atoms with Crippen molar-refractivity contribution in [3.63, 3.8) is 0 Å². The first-order chi connectivity index (χ1) is 6.36. The molecule has 1 aromatic rings. The van der Waals surface area contributed by atoms with Gasteiger partial charge >= 0.3 is 0 Å². The van der Waals surface area contributed by atoms with Gasteiger partial charge in [0, 0.05) is 12.2 Å². The fourth-order valence-electron chi connectivity index (χ4n) is 1.66. The van der Waals surface area contributed by atoms with Crippen molar-refractivity contribution >= 4 is 11.3 Å². The Kier molecular flexibility index (Phi) is 2.93. The molecule has 2 N–H and O–H groups in total. The summed E-state index contributed by atoms with van der Waals surface area (Å²) in [6, 6.07) is 0.243. The van der Waals surface area contributed by atoms with Crippen molar-refractivity contribution in [2.75, 3.05) is 0 Å². The lowest BCUT2D eigenvalue weighted by Crippen LogP contribution is -2.31. The van der Waals surface area contributed by atoms with Gasteiger partial charge in [0.1, 0.15) is 0 Å². The summed E-state index contributed by atoms with van der Waals surface area (Å²) in [5, 5.41) is 0. The Morgan fingerprint density at radius 3 is 3.15 bits per heavy atom. The van der Waals surface area contributed by atoms with E-state index in [-0.39, 0.29) is 12.1 Å². The average molecular weight is 198 g/mol. The molecule has 2 rings (SSSR count). The number of aromatic nitrogens is 1. The van der Waals surface area contributed by atoms with Crippen molar-refractivity contribution in [2.24, 2.45) is 5.73 Å². The van der Waals surface area contributed by atoms with E-state index in [1.54, 1.807) is 11.3 Å². The van der Waals surface area contributed by atoms with Crippen LogP contribution >= 0.6 is 11.3 Å². The van der Waals surface area contributed by atoms with Gasteiger partial charge in [-0.05, 0) is 19.3 Å². The maximum atomic E-state index is 5.88. The van der Waals surface area contributed by atoms with Crippen LogP contribution in [0.15, 0.2) is 11.7 Å². The molecule has 72 valence electrons. The average Bonchev–Trinajstić information content (AvgIpc) is 2.72. The second kappa shape index (κ2) is 4.17. The molecule has 0 spiro atoms. The minimum Gasteiger partial charge on any atom is -0.371 e. The summed E-state index contributed by atoms with van der Waals surface area (Å²) in [5.41, 5.74) is 7.71. The van der Waals surface area contributed by atoms with Gasteiger partial charge in [0.05, 0.1) is 23.1 Å². The van der Waals surface area contributed by atoms with Crippen molar-refractivity contribution < 1.29 is 4.74 Å². The lowest BCUT2D eigenvalue weighted by atomic mass is 10.2. The molecular formula is C9H14N2OS. The van der Waals surface area contributed by atoms with Gasteiger partial charge in [0.2, 0.25) is 0 Å². The molecule has 1 fully saturated rings. The number of nitrogens with two attached hydrogens (primary N) is 1. The second-order valence-electron chi connectivity index (χ2n) is 3.41. The van der Waals surface area contributed by atoms with E-state index < -0.39 is 0 Å². The third-order valence-electron chi connectivity index (χ3n) is 2.43. The third-order valence-corrected chi connectivity index (χ3v) is 3.18. The molecule has 3 nitrogen and oxygen atoms in total. The second-order valence-corrected chi connectivity index (χ2v) is 4.38. The van der Waals surface area contributed by atoms with Crippen LogP contribution in [-0.4, -0.2) is 17.1 Å². The van der Waals surface area contributed by atoms with Crippen LogP contribution in [0.3, 0.4) is 0 Å². The number of hydrogen-bond donors (Lipinski definition) is 1. The first-order valence-corrected chi connectivity index (χ1v) is 5.49. The van der Waals surface area contributed by atoms with Gasteiger partial charge in [0.15, 0.2) is 0 Å². The minimum absolute atomic E-state index is 0.243. The highest BCUT2D eigenvalue weighted by molar-refractivity contribution is 7.09. The van der Waals surface area contributed by atoms with Gasteiger partial charge < -0.3 is 10.5 Å². The van der Waals surface area contributed by atoms with Crippen molar-refractivity contribution in [3.8, 4) is 0 Å². The van der Waals surface area contributed by atoms with E-state index in [9.17, 15) is 0 Å². The smallest absolute Gasteiger partial charge is 0.0830 e. The number of ether oxygens (including phenoxy) is 1. The van der Waals surface area contributed by atoms with E-state index in [1.165, 1.54) is 11.3 Å². The fourth-order valence-corrected chi connectivity index (χ4v) is 2.18. The van der Waals surface area contributed by atoms with Crippen molar-refractivity contribution in [3.05, 3.63) is 16.6 Å². The predicted molar refractivity (Wildman–Crippen MR) is 52.5 cm³/mol. The number of rotatable bonds is 3. The highest BCUT2D eigenvalue weighted by atomic mass is 32.1. The van der Waals surface area contributed by atoms with E-state index in [0.29, 0.717) is 6.61 Å². The SMILES string of the molecule is NC1CCCC1OCc1cncs1. The van der Waals surface area contributed by atoms with Gasteiger partial charge in [-0.1, -0.05) is 0 Å². The van der Waals surface area contributed by atoms with E-state index in [0.717, 1.165) is 12.8 Å². The molecule has 1 aromatic heterocycles. The number of nitrogens with zero attached hydrogens (tertiary/aromatic N) is 1. The lowest BCUT2D eigenvalue weighted by Gasteiger charge is -2.15. The monoisotopic (exact) mass is 198 g/mol. The highest BCUT2D eigenvalue weighted by Gasteiger charge is 2.24. The summed E-state index contributed by atoms with van der Waals surface area (Å²) in [4.78, 5) is 5.17. The topological polar surface area (TPSA) is 48.1 Å². The predicted octanol–water partition coefficient (Wildman–Crippen LogP) is 1.54. The Bertz CT molecular complexity index is 250. The Morgan fingerprint density at radius 1 is 1.62 bits per heavy atom. The fraction of sp³-hybridized carbons (Fsp3) is 0.667. The largest absolute Gasteiger partial charge is 0.371 e. The summed E-state index contributed by atoms with van der Waals surface area (Å²) in [7, 11) is 0. The van der Waals surface area contributed by atoms with Crippen molar-refractivity contribution in [1.29, 1.82) is 0 Å². The molecule has 1 aliphatic carbocycles. The zero-order valence-electron chi connectivity index (χ0n) is 7.48. The Hall–Kier alpha value is -0.450. The Labute approximate surface area is 81.9 Å². The van der Waals surface area contributed by atoms with Crippen LogP contribution in [0.1, 0.15) is 24.1 Å². The lowest BCUT2D eigenvalue weighted by molar-refractivity contribution is 0.0371. The first-order valence-electron chi connectivity index (χ1n) is 4.61. The molecule has 4 heteroatoms. The zero-order chi connectivity index (χ0) is 9.10. The maximum Gasteiger partial charge on any atom is 0.0830 e. The zero-order valence-corrected chi connectivity index (χ0v) is 8.30. The molecular weight excluding hydrogens is 184 g/mol. The van der Waals surface area contributed by atoms with Crippen LogP contribution in [0.5, 0.6) is 0 Å². The van der Waals surface area contributed by atoms with Crippen molar-refractivity contribution in [2.45, 2.75) is 38.0 Å². The summed E-state index contributed by atoms with van der Waals surface area (Å²) in [6.07, 6.45) is 5.54. The van der Waals surface area contributed by atoms with E-state index in [2.05, 4.69) is 4.98 Å². The molecule has 0 saturated heterocycles. The molecule has 0 aliphatic heterocycles. The molecule has 13 heavy (non-hydrogen) atoms. The number of thiazole rings is 1. The molecule has 0 radical (unpaired) electrons. The van der Waals surface area contributed by atoms with Gasteiger partial charge in [-0.2, -0.15) is 0 Å². The maximum absolute atomic E-state index is 5.88. The molecule has 1 saturated carbocycles. The molecule has 2 atom stereocenters. The van der Waals surface area contributed by atoms with E-state index in [4.69, 9.17) is 10.5 Å². The highest BCUT2D eigenvalue weighted by Crippen LogP contribution is 2.21. The Balaban J connectivity index is 1.79. The van der Waals surface area contributed by atoms with Crippen LogP contribution in [0.25, 0.3) is 0 Å². The standard InChI is InChI=1S/C9H14N2OS/c10-8-2-1-3-9(8)12-5-7-4-11-6-13-7/h4,6,8-9H,1-3,5,10H2. The summed E-state index contributed by atoms with van der Waals surface area (Å²) >= 11 is 1.63. The molecule has 0 aromatic carbocycles. The van der Waals surface area contributed by atoms with Crippen LogP contribution in [0, 0.1) is 0 Å². The quantitative estimate of drug-likeness (QED) is 0.801. The van der Waals surface area contributed by atoms with Crippen LogP contribution in [-0.2, 0) is 11.3 Å². The van der Waals surface area contributed by atoms with Gasteiger partial charge in [-0.25, -0.2) is 0 Å². The summed E-state index contributed by atoms with van der Waals surface area (Å²) in [5.74, 6) is 0. The van der Waals surface area contributed by atoms with Gasteiger partial charge in [0.25, 0.3) is 0 Å². The van der Waals surface area contributed by atoms with Crippen LogP contribution < -0.4 is 5.73 Å². The van der Waals surface area contributed by atoms with Gasteiger partial charge in [-0.15, -0.1) is 11.3 Å². The van der Waals surface area contributed by atoms with E-state index >= 15 is 0 Å². The third kappa shape index (κ3) is 2.27. The minimum atomic E-state index is 0.243. The molecule has 0 amide bonds. The number of hydrogen-bond acceptors (Lipinski definition) is 4. The van der Waals surface area contributed by atoms with Crippen molar-refractivity contribution in [1.82, 2.24) is 4.98 Å². The summed E-state index contributed by atoms with van der Waals surface area (Å²) in [6.45, 7) is 0.670.